The summed E-state index contributed by atoms with van der Waals surface area (Å²) in [5, 5.41) is 12.3. The molecule has 0 aromatic carbocycles. The maximum absolute atomic E-state index is 9.01. The van der Waals surface area contributed by atoms with E-state index in [1.54, 1.807) is 7.11 Å². The number of rotatable bonds is 9. The van der Waals surface area contributed by atoms with E-state index in [4.69, 9.17) is 9.84 Å². The van der Waals surface area contributed by atoms with Gasteiger partial charge in [-0.3, -0.25) is 0 Å². The van der Waals surface area contributed by atoms with Crippen LogP contribution >= 0.6 is 11.8 Å². The molecule has 0 aliphatic rings. The zero-order valence-electron chi connectivity index (χ0n) is 8.58. The Hall–Kier alpha value is 0.230. The fourth-order valence-corrected chi connectivity index (χ4v) is 1.55. The van der Waals surface area contributed by atoms with E-state index < -0.39 is 0 Å². The van der Waals surface area contributed by atoms with Crippen molar-refractivity contribution in [3.63, 3.8) is 0 Å². The van der Waals surface area contributed by atoms with Crippen molar-refractivity contribution in [3.8, 4) is 0 Å². The van der Waals surface area contributed by atoms with Crippen molar-refractivity contribution in [1.82, 2.24) is 5.32 Å². The molecule has 0 fully saturated rings. The van der Waals surface area contributed by atoms with Crippen molar-refractivity contribution >= 4 is 11.8 Å². The molecule has 3 nitrogen and oxygen atoms in total. The van der Waals surface area contributed by atoms with Crippen molar-refractivity contribution in [2.75, 3.05) is 38.9 Å². The summed E-state index contributed by atoms with van der Waals surface area (Å²) < 4.78 is 4.91. The summed E-state index contributed by atoms with van der Waals surface area (Å²) in [6, 6.07) is 0.238. The number of nitrogens with one attached hydrogen (secondary N) is 1. The number of ether oxygens (including phenoxy) is 1. The molecule has 0 saturated heterocycles. The quantitative estimate of drug-likeness (QED) is 0.547. The Balaban J connectivity index is 3.28. The van der Waals surface area contributed by atoms with Crippen molar-refractivity contribution in [1.29, 1.82) is 0 Å². The van der Waals surface area contributed by atoms with Crippen LogP contribution in [0.2, 0.25) is 0 Å². The normalized spacial score (nSPS) is 13.2. The average Bonchev–Trinajstić information content (AvgIpc) is 2.16. The Morgan fingerprint density at radius 1 is 1.54 bits per heavy atom. The van der Waals surface area contributed by atoms with Gasteiger partial charge in [0.15, 0.2) is 0 Å². The van der Waals surface area contributed by atoms with Gasteiger partial charge in [0.2, 0.25) is 0 Å². The lowest BCUT2D eigenvalue weighted by atomic mass is 10.2. The van der Waals surface area contributed by atoms with Crippen LogP contribution in [0.15, 0.2) is 0 Å². The molecule has 13 heavy (non-hydrogen) atoms. The fraction of sp³-hybridized carbons (Fsp3) is 1.00. The third-order valence-corrected chi connectivity index (χ3v) is 2.56. The van der Waals surface area contributed by atoms with Gasteiger partial charge in [0.1, 0.15) is 0 Å². The Labute approximate surface area is 85.2 Å². The second-order valence-electron chi connectivity index (χ2n) is 2.96. The van der Waals surface area contributed by atoms with E-state index in [0.717, 1.165) is 19.4 Å². The highest BCUT2D eigenvalue weighted by Gasteiger charge is 2.04. The molecule has 0 aliphatic heterocycles. The first-order valence-electron chi connectivity index (χ1n) is 4.67. The lowest BCUT2D eigenvalue weighted by molar-refractivity contribution is 0.181. The molecule has 0 aliphatic carbocycles. The van der Waals surface area contributed by atoms with Gasteiger partial charge in [0.25, 0.3) is 0 Å². The summed E-state index contributed by atoms with van der Waals surface area (Å²) >= 11 is 1.85. The van der Waals surface area contributed by atoms with Gasteiger partial charge in [-0.05, 0) is 24.9 Å². The summed E-state index contributed by atoms with van der Waals surface area (Å²) in [6.07, 6.45) is 4.31. The Bertz CT molecular complexity index is 93.6. The summed E-state index contributed by atoms with van der Waals surface area (Å²) in [4.78, 5) is 0. The highest BCUT2D eigenvalue weighted by Crippen LogP contribution is 2.02. The molecule has 1 unspecified atom stereocenters. The predicted octanol–water partition coefficient (Wildman–Crippen LogP) is 0.726. The maximum atomic E-state index is 9.01. The van der Waals surface area contributed by atoms with Crippen LogP contribution in [0.3, 0.4) is 0 Å². The van der Waals surface area contributed by atoms with E-state index in [1.165, 1.54) is 5.75 Å². The molecule has 1 atom stereocenters. The number of aliphatic hydroxyl groups excluding tert-OH is 1. The molecule has 2 N–H and O–H groups in total. The molecule has 0 saturated carbocycles. The summed E-state index contributed by atoms with van der Waals surface area (Å²) in [5.41, 5.74) is 0. The van der Waals surface area contributed by atoms with Crippen LogP contribution in [0.25, 0.3) is 0 Å². The van der Waals surface area contributed by atoms with Crippen LogP contribution in [-0.4, -0.2) is 50.0 Å². The molecule has 80 valence electrons. The second-order valence-corrected chi connectivity index (χ2v) is 3.95. The standard InChI is InChI=1S/C9H21NO2S/c1-12-6-5-10-9(8-11)4-3-7-13-2/h9-11H,3-8H2,1-2H3. The highest BCUT2D eigenvalue weighted by molar-refractivity contribution is 7.98. The Morgan fingerprint density at radius 2 is 2.31 bits per heavy atom. The third kappa shape index (κ3) is 8.56. The molecule has 0 aromatic rings. The molecule has 0 spiro atoms. The minimum atomic E-state index is 0.220. The lowest BCUT2D eigenvalue weighted by Gasteiger charge is -2.15. The molecule has 0 heterocycles. The number of aliphatic hydroxyl groups is 1. The highest BCUT2D eigenvalue weighted by atomic mass is 32.2. The monoisotopic (exact) mass is 207 g/mol. The van der Waals surface area contributed by atoms with Crippen molar-refractivity contribution in [3.05, 3.63) is 0 Å². The van der Waals surface area contributed by atoms with E-state index in [2.05, 4.69) is 11.6 Å². The molecule has 0 aromatic heterocycles. The zero-order valence-corrected chi connectivity index (χ0v) is 9.40. The second kappa shape index (κ2) is 10.3. The predicted molar refractivity (Wildman–Crippen MR) is 58.4 cm³/mol. The van der Waals surface area contributed by atoms with E-state index in [0.29, 0.717) is 6.61 Å². The van der Waals surface area contributed by atoms with Gasteiger partial charge >= 0.3 is 0 Å². The molecule has 0 rings (SSSR count). The van der Waals surface area contributed by atoms with Gasteiger partial charge < -0.3 is 15.2 Å². The van der Waals surface area contributed by atoms with Gasteiger partial charge in [0, 0.05) is 19.7 Å². The molecule has 4 heteroatoms. The number of hydrogen-bond donors (Lipinski definition) is 2. The minimum absolute atomic E-state index is 0.220. The fourth-order valence-electron chi connectivity index (χ4n) is 1.10. The van der Waals surface area contributed by atoms with Gasteiger partial charge in [-0.15, -0.1) is 0 Å². The summed E-state index contributed by atoms with van der Waals surface area (Å²) in [5.74, 6) is 1.17. The van der Waals surface area contributed by atoms with Gasteiger partial charge in [0.05, 0.1) is 13.2 Å². The Kier molecular flexibility index (Phi) is 10.5. The number of thioether (sulfide) groups is 1. The van der Waals surface area contributed by atoms with E-state index in [1.807, 2.05) is 11.8 Å². The smallest absolute Gasteiger partial charge is 0.0587 e. The SMILES string of the molecule is COCCNC(CO)CCCSC. The summed E-state index contributed by atoms with van der Waals surface area (Å²) in [6.45, 7) is 1.75. The molecule has 0 radical (unpaired) electrons. The molecule has 0 amide bonds. The Morgan fingerprint density at radius 3 is 2.85 bits per heavy atom. The van der Waals surface area contributed by atoms with Gasteiger partial charge in [-0.1, -0.05) is 0 Å². The average molecular weight is 207 g/mol. The first kappa shape index (κ1) is 13.2. The molecular weight excluding hydrogens is 186 g/mol. The largest absolute Gasteiger partial charge is 0.395 e. The third-order valence-electron chi connectivity index (χ3n) is 1.86. The van der Waals surface area contributed by atoms with Crippen LogP contribution in [0.4, 0.5) is 0 Å². The summed E-state index contributed by atoms with van der Waals surface area (Å²) in [7, 11) is 1.68. The van der Waals surface area contributed by atoms with Gasteiger partial charge in [-0.25, -0.2) is 0 Å². The van der Waals surface area contributed by atoms with E-state index in [9.17, 15) is 0 Å². The number of methoxy groups -OCH3 is 1. The first-order chi connectivity index (χ1) is 6.35. The van der Waals surface area contributed by atoms with Crippen molar-refractivity contribution in [2.24, 2.45) is 0 Å². The van der Waals surface area contributed by atoms with Crippen LogP contribution in [0.5, 0.6) is 0 Å². The molecule has 0 bridgehead atoms. The first-order valence-corrected chi connectivity index (χ1v) is 6.06. The maximum Gasteiger partial charge on any atom is 0.0587 e. The zero-order chi connectivity index (χ0) is 9.94. The topological polar surface area (TPSA) is 41.5 Å². The molecular formula is C9H21NO2S. The minimum Gasteiger partial charge on any atom is -0.395 e. The van der Waals surface area contributed by atoms with Crippen LogP contribution in [0.1, 0.15) is 12.8 Å². The van der Waals surface area contributed by atoms with E-state index >= 15 is 0 Å². The van der Waals surface area contributed by atoms with Crippen LogP contribution < -0.4 is 5.32 Å². The number of hydrogen-bond acceptors (Lipinski definition) is 4. The van der Waals surface area contributed by atoms with Crippen LogP contribution in [0, 0.1) is 0 Å². The van der Waals surface area contributed by atoms with Crippen molar-refractivity contribution < 1.29 is 9.84 Å². The van der Waals surface area contributed by atoms with Gasteiger partial charge in [-0.2, -0.15) is 11.8 Å². The van der Waals surface area contributed by atoms with Crippen LogP contribution in [-0.2, 0) is 4.74 Å². The lowest BCUT2D eigenvalue weighted by Crippen LogP contribution is -2.34. The van der Waals surface area contributed by atoms with Crippen molar-refractivity contribution in [2.45, 2.75) is 18.9 Å². The van der Waals surface area contributed by atoms with E-state index in [-0.39, 0.29) is 12.6 Å².